The van der Waals surface area contributed by atoms with Gasteiger partial charge >= 0.3 is 0 Å². The summed E-state index contributed by atoms with van der Waals surface area (Å²) in [7, 11) is 0. The third-order valence-corrected chi connectivity index (χ3v) is 7.54. The number of hydrazone groups is 1. The maximum absolute atomic E-state index is 14.1. The predicted octanol–water partition coefficient (Wildman–Crippen LogP) is 6.07. The van der Waals surface area contributed by atoms with Crippen LogP contribution in [0.4, 0.5) is 4.39 Å². The number of carbonyl (C=O) groups is 1. The van der Waals surface area contributed by atoms with Gasteiger partial charge in [0.1, 0.15) is 5.82 Å². The highest BCUT2D eigenvalue weighted by Gasteiger charge is 2.35. The summed E-state index contributed by atoms with van der Waals surface area (Å²) in [4.78, 5) is 15.8. The Balaban J connectivity index is 1.30. The van der Waals surface area contributed by atoms with Gasteiger partial charge in [-0.1, -0.05) is 60.2 Å². The molecule has 0 saturated carbocycles. The Bertz CT molecular complexity index is 1250. The minimum atomic E-state index is -0.293. The monoisotopic (exact) mass is 483 g/mol. The molecule has 0 bridgehead atoms. The number of hydrogen-bond donors (Lipinski definition) is 0. The summed E-state index contributed by atoms with van der Waals surface area (Å²) in [6, 6.07) is 23.2. The molecule has 0 spiro atoms. The number of amides is 1. The van der Waals surface area contributed by atoms with Crippen molar-refractivity contribution in [3.8, 4) is 0 Å². The van der Waals surface area contributed by atoms with Gasteiger partial charge in [-0.2, -0.15) is 5.10 Å². The summed E-state index contributed by atoms with van der Waals surface area (Å²) in [5.74, 6) is 0.339. The maximum atomic E-state index is 14.1. The van der Waals surface area contributed by atoms with Gasteiger partial charge in [0, 0.05) is 12.0 Å². The summed E-state index contributed by atoms with van der Waals surface area (Å²) < 4.78 is 14.1. The van der Waals surface area contributed by atoms with Crippen LogP contribution in [0.2, 0.25) is 0 Å². The van der Waals surface area contributed by atoms with Crippen molar-refractivity contribution in [1.29, 1.82) is 0 Å². The molecule has 1 saturated heterocycles. The third-order valence-electron chi connectivity index (χ3n) is 7.54. The van der Waals surface area contributed by atoms with E-state index in [0.717, 1.165) is 60.3 Å². The number of rotatable bonds is 6. The lowest BCUT2D eigenvalue weighted by molar-refractivity contribution is -0.134. The van der Waals surface area contributed by atoms with E-state index in [-0.39, 0.29) is 17.8 Å². The Hall–Kier alpha value is -3.31. The summed E-state index contributed by atoms with van der Waals surface area (Å²) in [5.41, 5.74) is 6.41. The molecule has 0 aromatic heterocycles. The topological polar surface area (TPSA) is 35.9 Å². The Morgan fingerprint density at radius 1 is 0.972 bits per heavy atom. The van der Waals surface area contributed by atoms with Crippen molar-refractivity contribution in [3.05, 3.63) is 106 Å². The average molecular weight is 484 g/mol. The molecular weight excluding hydrogens is 449 g/mol. The number of benzene rings is 3. The zero-order valence-corrected chi connectivity index (χ0v) is 21.2. The second kappa shape index (κ2) is 10.8. The van der Waals surface area contributed by atoms with Crippen molar-refractivity contribution in [2.24, 2.45) is 11.0 Å². The van der Waals surface area contributed by atoms with Crippen LogP contribution in [0.3, 0.4) is 0 Å². The van der Waals surface area contributed by atoms with Crippen molar-refractivity contribution in [2.45, 2.75) is 45.6 Å². The molecule has 0 N–H and O–H groups in total. The molecule has 3 aromatic carbocycles. The first kappa shape index (κ1) is 24.4. The molecule has 2 aliphatic rings. The minimum absolute atomic E-state index is 0.0222. The van der Waals surface area contributed by atoms with Crippen LogP contribution in [0.1, 0.15) is 53.1 Å². The predicted molar refractivity (Wildman–Crippen MR) is 142 cm³/mol. The maximum Gasteiger partial charge on any atom is 0.257 e. The fraction of sp³-hybridized carbons (Fsp3) is 0.355. The normalized spacial score (nSPS) is 18.9. The van der Waals surface area contributed by atoms with Gasteiger partial charge in [0.2, 0.25) is 0 Å². The molecule has 1 atom stereocenters. The van der Waals surface area contributed by atoms with E-state index in [1.165, 1.54) is 17.7 Å². The SMILES string of the molecule is Cc1ccc(C)c(C2=NN(C(=O)CN3CCC(Cc4ccccc4)CC3)C(c3cccc(F)c3)C2)c1. The second-order valence-electron chi connectivity index (χ2n) is 10.3. The molecule has 36 heavy (non-hydrogen) atoms. The van der Waals surface area contributed by atoms with Gasteiger partial charge in [0.15, 0.2) is 0 Å². The lowest BCUT2D eigenvalue weighted by Gasteiger charge is -2.33. The quantitative estimate of drug-likeness (QED) is 0.426. The van der Waals surface area contributed by atoms with E-state index in [1.54, 1.807) is 11.1 Å². The molecule has 1 amide bonds. The zero-order chi connectivity index (χ0) is 25.1. The van der Waals surface area contributed by atoms with Gasteiger partial charge in [-0.3, -0.25) is 9.69 Å². The standard InChI is InChI=1S/C31H34FN3O/c1-22-11-12-23(2)28(17-22)29-20-30(26-9-6-10-27(32)19-26)35(33-29)31(36)21-34-15-13-25(14-16-34)18-24-7-4-3-5-8-24/h3-12,17,19,25,30H,13-16,18,20-21H2,1-2H3. The fourth-order valence-electron chi connectivity index (χ4n) is 5.48. The molecular formula is C31H34FN3O. The number of carbonyl (C=O) groups excluding carboxylic acids is 1. The first-order chi connectivity index (χ1) is 17.5. The van der Waals surface area contributed by atoms with Crippen LogP contribution in [0.5, 0.6) is 0 Å². The summed E-state index contributed by atoms with van der Waals surface area (Å²) in [6.07, 6.45) is 3.86. The summed E-state index contributed by atoms with van der Waals surface area (Å²) in [5, 5.41) is 6.45. The highest BCUT2D eigenvalue weighted by molar-refractivity contribution is 6.04. The fourth-order valence-corrected chi connectivity index (χ4v) is 5.48. The molecule has 2 aliphatic heterocycles. The molecule has 0 aliphatic carbocycles. The highest BCUT2D eigenvalue weighted by atomic mass is 19.1. The lowest BCUT2D eigenvalue weighted by atomic mass is 9.90. The van der Waals surface area contributed by atoms with Gasteiger partial charge in [-0.15, -0.1) is 0 Å². The Labute approximate surface area is 213 Å². The molecule has 1 unspecified atom stereocenters. The van der Waals surface area contributed by atoms with Crippen molar-refractivity contribution in [3.63, 3.8) is 0 Å². The number of likely N-dealkylation sites (tertiary alicyclic amines) is 1. The van der Waals surface area contributed by atoms with E-state index >= 15 is 0 Å². The molecule has 5 heteroatoms. The molecule has 5 rings (SSSR count). The van der Waals surface area contributed by atoms with Crippen LogP contribution < -0.4 is 0 Å². The third kappa shape index (κ3) is 5.57. The smallest absolute Gasteiger partial charge is 0.257 e. The van der Waals surface area contributed by atoms with E-state index < -0.39 is 0 Å². The van der Waals surface area contributed by atoms with Gasteiger partial charge in [0.05, 0.1) is 18.3 Å². The summed E-state index contributed by atoms with van der Waals surface area (Å²) >= 11 is 0. The number of hydrogen-bond acceptors (Lipinski definition) is 3. The van der Waals surface area contributed by atoms with Crippen LogP contribution in [0, 0.1) is 25.6 Å². The van der Waals surface area contributed by atoms with Crippen LogP contribution >= 0.6 is 0 Å². The molecule has 4 nitrogen and oxygen atoms in total. The van der Waals surface area contributed by atoms with Crippen molar-refractivity contribution in [2.75, 3.05) is 19.6 Å². The van der Waals surface area contributed by atoms with Crippen LogP contribution in [-0.4, -0.2) is 41.2 Å². The Morgan fingerprint density at radius 3 is 2.50 bits per heavy atom. The summed E-state index contributed by atoms with van der Waals surface area (Å²) in [6.45, 7) is 6.30. The van der Waals surface area contributed by atoms with E-state index in [2.05, 4.69) is 67.3 Å². The van der Waals surface area contributed by atoms with E-state index in [0.29, 0.717) is 18.9 Å². The van der Waals surface area contributed by atoms with Crippen molar-refractivity contribution < 1.29 is 9.18 Å². The Morgan fingerprint density at radius 2 is 1.75 bits per heavy atom. The van der Waals surface area contributed by atoms with Gasteiger partial charge in [0.25, 0.3) is 5.91 Å². The first-order valence-electron chi connectivity index (χ1n) is 12.9. The van der Waals surface area contributed by atoms with Crippen molar-refractivity contribution >= 4 is 11.6 Å². The zero-order valence-electron chi connectivity index (χ0n) is 21.2. The number of nitrogens with zero attached hydrogens (tertiary/aromatic N) is 3. The van der Waals surface area contributed by atoms with Gasteiger partial charge in [-0.05, 0) is 87.0 Å². The van der Waals surface area contributed by atoms with E-state index in [1.807, 2.05) is 6.07 Å². The van der Waals surface area contributed by atoms with Crippen molar-refractivity contribution in [1.82, 2.24) is 9.91 Å². The van der Waals surface area contributed by atoms with Gasteiger partial charge in [-0.25, -0.2) is 9.40 Å². The van der Waals surface area contributed by atoms with Crippen LogP contribution in [0.15, 0.2) is 77.9 Å². The number of halogens is 1. The molecule has 1 fully saturated rings. The van der Waals surface area contributed by atoms with E-state index in [9.17, 15) is 9.18 Å². The molecule has 3 aromatic rings. The first-order valence-corrected chi connectivity index (χ1v) is 12.9. The second-order valence-corrected chi connectivity index (χ2v) is 10.3. The Kier molecular flexibility index (Phi) is 7.28. The molecule has 0 radical (unpaired) electrons. The number of aryl methyl sites for hydroxylation is 2. The minimum Gasteiger partial charge on any atom is -0.294 e. The molecule has 2 heterocycles. The highest BCUT2D eigenvalue weighted by Crippen LogP contribution is 2.34. The lowest BCUT2D eigenvalue weighted by Crippen LogP contribution is -2.42. The van der Waals surface area contributed by atoms with Crippen LogP contribution in [0.25, 0.3) is 0 Å². The van der Waals surface area contributed by atoms with Gasteiger partial charge < -0.3 is 0 Å². The average Bonchev–Trinajstić information content (AvgIpc) is 3.33. The van der Waals surface area contributed by atoms with E-state index in [4.69, 9.17) is 5.10 Å². The number of piperidine rings is 1. The molecule has 186 valence electrons. The largest absolute Gasteiger partial charge is 0.294 e. The van der Waals surface area contributed by atoms with Crippen LogP contribution in [-0.2, 0) is 11.2 Å².